The Kier molecular flexibility index (Phi) is 4.93. The Morgan fingerprint density at radius 3 is 2.62 bits per heavy atom. The minimum absolute atomic E-state index is 0.110. The normalized spacial score (nSPS) is 53.7. The van der Waals surface area contributed by atoms with E-state index in [0.717, 1.165) is 51.4 Å². The molecule has 0 aromatic rings. The summed E-state index contributed by atoms with van der Waals surface area (Å²) in [4.78, 5) is 5.57. The molecule has 0 bridgehead atoms. The zero-order valence-corrected chi connectivity index (χ0v) is 16.5. The lowest BCUT2D eigenvalue weighted by atomic mass is 9.43. The lowest BCUT2D eigenvalue weighted by Gasteiger charge is -2.63. The van der Waals surface area contributed by atoms with Gasteiger partial charge in [0.05, 0.1) is 18.3 Å². The second-order valence-electron chi connectivity index (χ2n) is 10.1. The van der Waals surface area contributed by atoms with E-state index in [2.05, 4.69) is 19.3 Å². The minimum Gasteiger partial charge on any atom is -0.393 e. The molecule has 5 nitrogen and oxygen atoms in total. The largest absolute Gasteiger partial charge is 0.393 e. The molecule has 0 radical (unpaired) electrons. The van der Waals surface area contributed by atoms with Crippen molar-refractivity contribution in [2.24, 2.45) is 34.3 Å². The van der Waals surface area contributed by atoms with E-state index in [1.807, 2.05) is 0 Å². The van der Waals surface area contributed by atoms with Crippen molar-refractivity contribution >= 4 is 0 Å². The van der Waals surface area contributed by atoms with Gasteiger partial charge in [0.1, 0.15) is 0 Å². The molecule has 5 N–H and O–H groups in total. The van der Waals surface area contributed by atoms with Crippen molar-refractivity contribution in [1.82, 2.24) is 5.48 Å². The zero-order valence-electron chi connectivity index (χ0n) is 16.5. The first-order valence-electron chi connectivity index (χ1n) is 10.8. The highest BCUT2D eigenvalue weighted by Crippen LogP contribution is 2.67. The van der Waals surface area contributed by atoms with Crippen LogP contribution >= 0.6 is 0 Å². The van der Waals surface area contributed by atoms with Crippen LogP contribution in [0, 0.1) is 28.6 Å². The molecule has 4 fully saturated rings. The van der Waals surface area contributed by atoms with Gasteiger partial charge in [0.25, 0.3) is 0 Å². The van der Waals surface area contributed by atoms with Gasteiger partial charge >= 0.3 is 0 Å². The van der Waals surface area contributed by atoms with Gasteiger partial charge in [-0.1, -0.05) is 13.8 Å². The lowest BCUT2D eigenvalue weighted by molar-refractivity contribution is -0.211. The molecule has 4 saturated carbocycles. The fraction of sp³-hybridized carbons (Fsp3) is 1.00. The van der Waals surface area contributed by atoms with Crippen molar-refractivity contribution in [2.45, 2.75) is 89.4 Å². The molecule has 0 amide bonds. The van der Waals surface area contributed by atoms with Gasteiger partial charge in [-0.2, -0.15) is 5.48 Å². The summed E-state index contributed by atoms with van der Waals surface area (Å²) in [5.74, 6) is 1.61. The van der Waals surface area contributed by atoms with E-state index in [0.29, 0.717) is 36.3 Å². The smallest absolute Gasteiger partial charge is 0.0804 e. The predicted octanol–water partition coefficient (Wildman–Crippen LogP) is 2.35. The van der Waals surface area contributed by atoms with Crippen molar-refractivity contribution in [3.8, 4) is 0 Å². The first-order valence-corrected chi connectivity index (χ1v) is 10.8. The molecule has 8 atom stereocenters. The third kappa shape index (κ3) is 2.61. The number of fused-ring (bicyclic) bond motifs is 5. The maximum atomic E-state index is 12.0. The van der Waals surface area contributed by atoms with Crippen LogP contribution in [0.1, 0.15) is 71.6 Å². The molecule has 4 aliphatic rings. The van der Waals surface area contributed by atoms with Crippen molar-refractivity contribution in [2.75, 3.05) is 13.2 Å². The van der Waals surface area contributed by atoms with Crippen LogP contribution in [0.25, 0.3) is 0 Å². The number of hydrogen-bond acceptors (Lipinski definition) is 5. The summed E-state index contributed by atoms with van der Waals surface area (Å²) < 4.78 is 0. The fourth-order valence-electron chi connectivity index (χ4n) is 7.61. The quantitative estimate of drug-likeness (QED) is 0.453. The number of aliphatic hydroxyl groups is 2. The Morgan fingerprint density at radius 2 is 1.85 bits per heavy atom. The molecule has 0 heterocycles. The van der Waals surface area contributed by atoms with E-state index in [9.17, 15) is 10.2 Å². The van der Waals surface area contributed by atoms with Crippen molar-refractivity contribution in [3.05, 3.63) is 0 Å². The summed E-state index contributed by atoms with van der Waals surface area (Å²) >= 11 is 0. The van der Waals surface area contributed by atoms with Crippen LogP contribution in [0.2, 0.25) is 0 Å². The van der Waals surface area contributed by atoms with Crippen molar-refractivity contribution in [1.29, 1.82) is 0 Å². The number of rotatable bonds is 4. The van der Waals surface area contributed by atoms with E-state index in [1.165, 1.54) is 6.42 Å². The molecule has 26 heavy (non-hydrogen) atoms. The third-order valence-electron chi connectivity index (χ3n) is 9.27. The van der Waals surface area contributed by atoms with E-state index >= 15 is 0 Å². The standard InChI is InChI=1S/C21H38N2O3/c1-19-8-5-15(24)13-14(19)3-4-17-16(19)6-9-20(2)18(23-26-12-11-22)7-10-21(17,20)25/h14-18,23-25H,3-13,22H2,1-2H3/t14?,15?,16-,17-,18?,19+,20-,21-/m1/s1. The first kappa shape index (κ1) is 19.1. The number of hydroxylamine groups is 1. The topological polar surface area (TPSA) is 87.7 Å². The molecular weight excluding hydrogens is 328 g/mol. The van der Waals surface area contributed by atoms with Crippen LogP contribution in [0.15, 0.2) is 0 Å². The molecule has 0 saturated heterocycles. The average molecular weight is 367 g/mol. The maximum absolute atomic E-state index is 12.0. The van der Waals surface area contributed by atoms with E-state index < -0.39 is 5.60 Å². The average Bonchev–Trinajstić information content (AvgIpc) is 2.88. The van der Waals surface area contributed by atoms with Crippen LogP contribution in [0.4, 0.5) is 0 Å². The van der Waals surface area contributed by atoms with Crippen LogP contribution in [0.5, 0.6) is 0 Å². The monoisotopic (exact) mass is 366 g/mol. The summed E-state index contributed by atoms with van der Waals surface area (Å²) in [5.41, 5.74) is 8.36. The molecule has 4 aliphatic carbocycles. The SMILES string of the molecule is C[C@]12CCC(O)CC1CC[C@@H]1[C@H]2CC[C@]2(C)C(NOCCN)CC[C@@]12O. The second kappa shape index (κ2) is 6.70. The summed E-state index contributed by atoms with van der Waals surface area (Å²) in [7, 11) is 0. The third-order valence-corrected chi connectivity index (χ3v) is 9.27. The van der Waals surface area contributed by atoms with Crippen LogP contribution in [-0.2, 0) is 4.84 Å². The second-order valence-corrected chi connectivity index (χ2v) is 10.1. The highest BCUT2D eigenvalue weighted by Gasteiger charge is 2.67. The molecule has 0 aromatic carbocycles. The van der Waals surface area contributed by atoms with Gasteiger partial charge in [0, 0.05) is 18.0 Å². The Morgan fingerprint density at radius 1 is 1.04 bits per heavy atom. The molecule has 0 aromatic heterocycles. The van der Waals surface area contributed by atoms with Gasteiger partial charge in [0.15, 0.2) is 0 Å². The van der Waals surface area contributed by atoms with Crippen molar-refractivity contribution in [3.63, 3.8) is 0 Å². The van der Waals surface area contributed by atoms with E-state index in [4.69, 9.17) is 10.6 Å². The van der Waals surface area contributed by atoms with Crippen LogP contribution < -0.4 is 11.2 Å². The Bertz CT molecular complexity index is 531. The highest BCUT2D eigenvalue weighted by molar-refractivity contribution is 5.18. The summed E-state index contributed by atoms with van der Waals surface area (Å²) in [6.07, 6.45) is 9.28. The van der Waals surface area contributed by atoms with Gasteiger partial charge in [-0.05, 0) is 81.0 Å². The van der Waals surface area contributed by atoms with Gasteiger partial charge in [0.2, 0.25) is 0 Å². The summed E-state index contributed by atoms with van der Waals surface area (Å²) in [6, 6.07) is 0.207. The number of nitrogens with one attached hydrogen (secondary N) is 1. The molecule has 0 spiro atoms. The number of nitrogens with two attached hydrogens (primary N) is 1. The number of hydrogen-bond donors (Lipinski definition) is 4. The minimum atomic E-state index is -0.594. The molecule has 5 heteroatoms. The molecule has 4 rings (SSSR count). The van der Waals surface area contributed by atoms with Gasteiger partial charge in [-0.25, -0.2) is 0 Å². The molecule has 3 unspecified atom stereocenters. The highest BCUT2D eigenvalue weighted by atomic mass is 16.6. The van der Waals surface area contributed by atoms with Crippen LogP contribution in [0.3, 0.4) is 0 Å². The number of aliphatic hydroxyl groups excluding tert-OH is 1. The maximum Gasteiger partial charge on any atom is 0.0804 e. The molecular formula is C21H38N2O3. The van der Waals surface area contributed by atoms with E-state index in [-0.39, 0.29) is 17.6 Å². The predicted molar refractivity (Wildman–Crippen MR) is 101 cm³/mol. The van der Waals surface area contributed by atoms with Gasteiger partial charge in [-0.3, -0.25) is 0 Å². The van der Waals surface area contributed by atoms with Crippen molar-refractivity contribution < 1.29 is 15.1 Å². The van der Waals surface area contributed by atoms with E-state index in [1.54, 1.807) is 0 Å². The summed E-state index contributed by atoms with van der Waals surface area (Å²) in [5, 5.41) is 22.1. The summed E-state index contributed by atoms with van der Waals surface area (Å²) in [6.45, 7) is 5.76. The first-order chi connectivity index (χ1) is 12.3. The molecule has 0 aliphatic heterocycles. The zero-order chi connectivity index (χ0) is 18.6. The Hall–Kier alpha value is -0.200. The molecule has 150 valence electrons. The Balaban J connectivity index is 1.56. The lowest BCUT2D eigenvalue weighted by Crippen LogP contribution is -2.64. The van der Waals surface area contributed by atoms with Gasteiger partial charge < -0.3 is 20.8 Å². The van der Waals surface area contributed by atoms with Gasteiger partial charge in [-0.15, -0.1) is 0 Å². The fourth-order valence-corrected chi connectivity index (χ4v) is 7.61. The Labute approximate surface area is 158 Å². The van der Waals surface area contributed by atoms with Crippen LogP contribution in [-0.4, -0.2) is 41.1 Å².